The molecule has 4 rings (SSSR count). The normalized spacial score (nSPS) is 12.2. The number of rotatable bonds is 7. The third-order valence-corrected chi connectivity index (χ3v) is 6.33. The number of para-hydroxylation sites is 1. The zero-order valence-corrected chi connectivity index (χ0v) is 19.2. The molecule has 1 amide bonds. The average molecular weight is 498 g/mol. The molecule has 4 aromatic rings. The SMILES string of the molecule is C=CCn1c(=O)c2ccccc2n2c(SCC(=O)NC(C)c3ccc(Br)cc3)nnc12. The fraction of sp³-hybridized carbons (Fsp3) is 0.182. The Hall–Kier alpha value is -2.91. The van der Waals surface area contributed by atoms with Gasteiger partial charge >= 0.3 is 0 Å². The van der Waals surface area contributed by atoms with Gasteiger partial charge in [-0.1, -0.05) is 58.0 Å². The number of allylic oxidation sites excluding steroid dienone is 1. The van der Waals surface area contributed by atoms with Gasteiger partial charge in [0.15, 0.2) is 5.16 Å². The third kappa shape index (κ3) is 4.28. The Labute approximate surface area is 191 Å². The summed E-state index contributed by atoms with van der Waals surface area (Å²) in [5.41, 5.74) is 1.58. The maximum absolute atomic E-state index is 12.8. The average Bonchev–Trinajstić information content (AvgIpc) is 3.19. The van der Waals surface area contributed by atoms with Crippen LogP contribution in [-0.4, -0.2) is 30.8 Å². The van der Waals surface area contributed by atoms with E-state index in [0.717, 1.165) is 10.0 Å². The van der Waals surface area contributed by atoms with Crippen LogP contribution >= 0.6 is 27.7 Å². The van der Waals surface area contributed by atoms with Gasteiger partial charge in [0.05, 0.1) is 22.7 Å². The topological polar surface area (TPSA) is 81.3 Å². The molecule has 2 heterocycles. The van der Waals surface area contributed by atoms with Gasteiger partial charge in [0.25, 0.3) is 5.56 Å². The molecule has 0 radical (unpaired) electrons. The molecule has 9 heteroatoms. The fourth-order valence-corrected chi connectivity index (χ4v) is 4.38. The van der Waals surface area contributed by atoms with Gasteiger partial charge in [-0.25, -0.2) is 0 Å². The maximum Gasteiger partial charge on any atom is 0.263 e. The van der Waals surface area contributed by atoms with Gasteiger partial charge < -0.3 is 5.32 Å². The van der Waals surface area contributed by atoms with Gasteiger partial charge in [0.2, 0.25) is 11.7 Å². The number of fused-ring (bicyclic) bond motifs is 3. The van der Waals surface area contributed by atoms with E-state index in [1.54, 1.807) is 12.1 Å². The molecule has 7 nitrogen and oxygen atoms in total. The number of nitrogens with zero attached hydrogens (tertiary/aromatic N) is 4. The molecule has 0 saturated heterocycles. The second-order valence-electron chi connectivity index (χ2n) is 6.97. The summed E-state index contributed by atoms with van der Waals surface area (Å²) in [5.74, 6) is 0.493. The number of hydrogen-bond donors (Lipinski definition) is 1. The van der Waals surface area contributed by atoms with E-state index >= 15 is 0 Å². The Kier molecular flexibility index (Phi) is 6.24. The minimum atomic E-state index is -0.145. The summed E-state index contributed by atoms with van der Waals surface area (Å²) in [5, 5.41) is 12.6. The molecule has 2 aromatic heterocycles. The van der Waals surface area contributed by atoms with E-state index in [9.17, 15) is 9.59 Å². The number of halogens is 1. The quantitative estimate of drug-likeness (QED) is 0.308. The number of benzene rings is 2. The van der Waals surface area contributed by atoms with E-state index in [0.29, 0.717) is 28.4 Å². The molecule has 0 fully saturated rings. The van der Waals surface area contributed by atoms with Crippen molar-refractivity contribution in [1.29, 1.82) is 0 Å². The summed E-state index contributed by atoms with van der Waals surface area (Å²) in [4.78, 5) is 25.4. The number of aromatic nitrogens is 4. The van der Waals surface area contributed by atoms with Gasteiger partial charge in [-0.2, -0.15) is 0 Å². The zero-order chi connectivity index (χ0) is 22.0. The second kappa shape index (κ2) is 9.07. The molecule has 0 bridgehead atoms. The monoisotopic (exact) mass is 497 g/mol. The summed E-state index contributed by atoms with van der Waals surface area (Å²) in [6, 6.07) is 15.0. The highest BCUT2D eigenvalue weighted by Gasteiger charge is 2.17. The van der Waals surface area contributed by atoms with Crippen molar-refractivity contribution in [2.24, 2.45) is 0 Å². The van der Waals surface area contributed by atoms with E-state index < -0.39 is 0 Å². The first kappa shape index (κ1) is 21.3. The van der Waals surface area contributed by atoms with Crippen molar-refractivity contribution in [1.82, 2.24) is 24.5 Å². The van der Waals surface area contributed by atoms with Crippen LogP contribution < -0.4 is 10.9 Å². The molecule has 1 N–H and O–H groups in total. The molecule has 1 atom stereocenters. The Morgan fingerprint density at radius 1 is 1.23 bits per heavy atom. The minimum absolute atomic E-state index is 0.110. The van der Waals surface area contributed by atoms with Crippen LogP contribution in [0.3, 0.4) is 0 Å². The highest BCUT2D eigenvalue weighted by atomic mass is 79.9. The second-order valence-corrected chi connectivity index (χ2v) is 8.83. The largest absolute Gasteiger partial charge is 0.349 e. The number of carbonyl (C=O) groups excluding carboxylic acids is 1. The number of hydrogen-bond acceptors (Lipinski definition) is 5. The molecule has 0 spiro atoms. The standard InChI is InChI=1S/C22H20BrN5O2S/c1-3-12-27-20(30)17-6-4-5-7-18(17)28-21(27)25-26-22(28)31-13-19(29)24-14(2)15-8-10-16(23)11-9-15/h3-11,14H,1,12-13H2,2H3,(H,24,29). The molecule has 2 aromatic carbocycles. The third-order valence-electron chi connectivity index (χ3n) is 4.87. The molecular weight excluding hydrogens is 478 g/mol. The van der Waals surface area contributed by atoms with Crippen LogP contribution in [-0.2, 0) is 11.3 Å². The van der Waals surface area contributed by atoms with Gasteiger partial charge in [-0.15, -0.1) is 16.8 Å². The summed E-state index contributed by atoms with van der Waals surface area (Å²) < 4.78 is 4.34. The summed E-state index contributed by atoms with van der Waals surface area (Å²) in [7, 11) is 0. The van der Waals surface area contributed by atoms with E-state index in [2.05, 4.69) is 38.0 Å². The summed E-state index contributed by atoms with van der Waals surface area (Å²) >= 11 is 4.70. The summed E-state index contributed by atoms with van der Waals surface area (Å²) in [6.45, 7) is 5.99. The molecule has 0 aliphatic rings. The number of amides is 1. The van der Waals surface area contributed by atoms with Crippen LogP contribution in [0.2, 0.25) is 0 Å². The Balaban J connectivity index is 1.59. The Bertz CT molecular complexity index is 1330. The highest BCUT2D eigenvalue weighted by molar-refractivity contribution is 9.10. The van der Waals surface area contributed by atoms with E-state index in [1.165, 1.54) is 16.3 Å². The molecule has 1 unspecified atom stereocenters. The maximum atomic E-state index is 12.8. The Morgan fingerprint density at radius 2 is 1.97 bits per heavy atom. The fourth-order valence-electron chi connectivity index (χ4n) is 3.37. The van der Waals surface area contributed by atoms with Crippen molar-refractivity contribution in [2.45, 2.75) is 24.7 Å². The number of thioether (sulfide) groups is 1. The lowest BCUT2D eigenvalue weighted by Gasteiger charge is -2.14. The van der Waals surface area contributed by atoms with E-state index in [4.69, 9.17) is 0 Å². The van der Waals surface area contributed by atoms with Crippen LogP contribution in [0.25, 0.3) is 16.7 Å². The van der Waals surface area contributed by atoms with Gasteiger partial charge in [0.1, 0.15) is 0 Å². The van der Waals surface area contributed by atoms with Crippen LogP contribution in [0, 0.1) is 0 Å². The highest BCUT2D eigenvalue weighted by Crippen LogP contribution is 2.22. The van der Waals surface area contributed by atoms with Crippen molar-refractivity contribution >= 4 is 50.3 Å². The minimum Gasteiger partial charge on any atom is -0.349 e. The predicted octanol–water partition coefficient (Wildman–Crippen LogP) is 3.96. The molecular formula is C22H20BrN5O2S. The molecule has 0 saturated carbocycles. The lowest BCUT2D eigenvalue weighted by Crippen LogP contribution is -2.28. The van der Waals surface area contributed by atoms with Crippen molar-refractivity contribution in [3.63, 3.8) is 0 Å². The lowest BCUT2D eigenvalue weighted by molar-refractivity contribution is -0.119. The van der Waals surface area contributed by atoms with E-state index in [-0.39, 0.29) is 23.3 Å². The van der Waals surface area contributed by atoms with Crippen molar-refractivity contribution in [2.75, 3.05) is 5.75 Å². The van der Waals surface area contributed by atoms with Gasteiger partial charge in [-0.05, 0) is 36.8 Å². The first-order chi connectivity index (χ1) is 15.0. The lowest BCUT2D eigenvalue weighted by atomic mass is 10.1. The van der Waals surface area contributed by atoms with Crippen LogP contribution in [0.1, 0.15) is 18.5 Å². The van der Waals surface area contributed by atoms with Gasteiger partial charge in [-0.3, -0.25) is 18.6 Å². The van der Waals surface area contributed by atoms with Crippen molar-refractivity contribution in [3.05, 3.63) is 81.6 Å². The van der Waals surface area contributed by atoms with Gasteiger partial charge in [0, 0.05) is 11.0 Å². The van der Waals surface area contributed by atoms with Crippen molar-refractivity contribution in [3.8, 4) is 0 Å². The first-order valence-corrected chi connectivity index (χ1v) is 11.4. The molecule has 0 aliphatic carbocycles. The Morgan fingerprint density at radius 3 is 2.71 bits per heavy atom. The van der Waals surface area contributed by atoms with Crippen LogP contribution in [0.5, 0.6) is 0 Å². The molecule has 158 valence electrons. The molecule has 0 aliphatic heterocycles. The van der Waals surface area contributed by atoms with Crippen LogP contribution in [0.15, 0.2) is 75.6 Å². The smallest absolute Gasteiger partial charge is 0.263 e. The zero-order valence-electron chi connectivity index (χ0n) is 16.8. The first-order valence-electron chi connectivity index (χ1n) is 9.64. The molecule has 31 heavy (non-hydrogen) atoms. The van der Waals surface area contributed by atoms with Crippen molar-refractivity contribution < 1.29 is 4.79 Å². The summed E-state index contributed by atoms with van der Waals surface area (Å²) in [6.07, 6.45) is 1.65. The number of carbonyl (C=O) groups is 1. The predicted molar refractivity (Wildman–Crippen MR) is 126 cm³/mol. The number of nitrogens with one attached hydrogen (secondary N) is 1. The van der Waals surface area contributed by atoms with Crippen LogP contribution in [0.4, 0.5) is 0 Å². The van der Waals surface area contributed by atoms with E-state index in [1.807, 2.05) is 53.8 Å².